The van der Waals surface area contributed by atoms with E-state index in [1.165, 1.54) is 18.4 Å². The van der Waals surface area contributed by atoms with Crippen LogP contribution in [0, 0.1) is 5.92 Å². The third-order valence-corrected chi connectivity index (χ3v) is 5.47. The van der Waals surface area contributed by atoms with Gasteiger partial charge in [0.2, 0.25) is 0 Å². The van der Waals surface area contributed by atoms with Crippen molar-refractivity contribution in [3.63, 3.8) is 0 Å². The molecule has 0 amide bonds. The van der Waals surface area contributed by atoms with Gasteiger partial charge < -0.3 is 0 Å². The first kappa shape index (κ1) is 17.0. The van der Waals surface area contributed by atoms with Crippen molar-refractivity contribution in [3.8, 4) is 0 Å². The Labute approximate surface area is 154 Å². The van der Waals surface area contributed by atoms with Gasteiger partial charge in [-0.3, -0.25) is 14.3 Å². The lowest BCUT2D eigenvalue weighted by atomic mass is 9.93. The van der Waals surface area contributed by atoms with Crippen molar-refractivity contribution < 1.29 is 0 Å². The molecule has 0 bridgehead atoms. The molecule has 4 rings (SSSR count). The molecule has 26 heavy (non-hydrogen) atoms. The lowest BCUT2D eigenvalue weighted by Gasteiger charge is -2.32. The maximum atomic E-state index is 12.6. The third kappa shape index (κ3) is 3.86. The normalized spacial score (nSPS) is 16.2. The fourth-order valence-electron chi connectivity index (χ4n) is 3.86. The van der Waals surface area contributed by atoms with E-state index in [-0.39, 0.29) is 5.56 Å². The lowest BCUT2D eigenvalue weighted by molar-refractivity contribution is 0.169. The molecule has 0 radical (unpaired) electrons. The van der Waals surface area contributed by atoms with Gasteiger partial charge in [-0.15, -0.1) is 0 Å². The Morgan fingerprint density at radius 1 is 0.962 bits per heavy atom. The summed E-state index contributed by atoms with van der Waals surface area (Å²) in [5, 5.41) is 0.715. The van der Waals surface area contributed by atoms with Gasteiger partial charge in [-0.25, -0.2) is 4.98 Å². The summed E-state index contributed by atoms with van der Waals surface area (Å²) in [7, 11) is 0. The number of piperidine rings is 1. The fraction of sp³-hybridized carbons (Fsp3) is 0.364. The van der Waals surface area contributed by atoms with Gasteiger partial charge in [-0.1, -0.05) is 42.5 Å². The Morgan fingerprint density at radius 3 is 2.50 bits per heavy atom. The smallest absolute Gasteiger partial charge is 0.261 e. The fourth-order valence-corrected chi connectivity index (χ4v) is 3.86. The van der Waals surface area contributed by atoms with Crippen LogP contribution in [-0.2, 0) is 13.1 Å². The molecule has 2 heterocycles. The van der Waals surface area contributed by atoms with E-state index in [1.807, 2.05) is 24.3 Å². The van der Waals surface area contributed by atoms with Crippen molar-refractivity contribution >= 4 is 10.9 Å². The molecule has 1 fully saturated rings. The van der Waals surface area contributed by atoms with E-state index < -0.39 is 0 Å². The quantitative estimate of drug-likeness (QED) is 0.706. The zero-order valence-electron chi connectivity index (χ0n) is 15.1. The number of fused-ring (bicyclic) bond motifs is 1. The van der Waals surface area contributed by atoms with Gasteiger partial charge in [0.1, 0.15) is 0 Å². The van der Waals surface area contributed by atoms with E-state index in [4.69, 9.17) is 0 Å². The topological polar surface area (TPSA) is 38.1 Å². The van der Waals surface area contributed by atoms with E-state index in [0.29, 0.717) is 11.3 Å². The van der Waals surface area contributed by atoms with Crippen LogP contribution in [0.3, 0.4) is 0 Å². The Hall–Kier alpha value is -2.46. The zero-order chi connectivity index (χ0) is 17.8. The Kier molecular flexibility index (Phi) is 5.12. The van der Waals surface area contributed by atoms with Crippen LogP contribution < -0.4 is 5.56 Å². The van der Waals surface area contributed by atoms with E-state index in [9.17, 15) is 4.79 Å². The highest BCUT2D eigenvalue weighted by molar-refractivity contribution is 5.76. The van der Waals surface area contributed by atoms with Crippen LogP contribution in [0.5, 0.6) is 0 Å². The van der Waals surface area contributed by atoms with Gasteiger partial charge in [-0.05, 0) is 56.0 Å². The molecule has 2 aromatic carbocycles. The molecule has 1 aromatic heterocycles. The molecule has 1 saturated heterocycles. The Morgan fingerprint density at radius 2 is 1.69 bits per heavy atom. The van der Waals surface area contributed by atoms with Crippen molar-refractivity contribution in [2.45, 2.75) is 32.4 Å². The van der Waals surface area contributed by atoms with Crippen molar-refractivity contribution in [1.82, 2.24) is 14.5 Å². The molecule has 1 aliphatic rings. The number of aryl methyl sites for hydroxylation is 1. The lowest BCUT2D eigenvalue weighted by Crippen LogP contribution is -2.34. The summed E-state index contributed by atoms with van der Waals surface area (Å²) in [6.07, 6.45) is 5.18. The SMILES string of the molecule is O=c1c2ccccc2ncn1CCC1CCN(Cc2ccccc2)CC1. The first-order chi connectivity index (χ1) is 12.8. The van der Waals surface area contributed by atoms with Gasteiger partial charge >= 0.3 is 0 Å². The molecule has 0 N–H and O–H groups in total. The van der Waals surface area contributed by atoms with Crippen LogP contribution in [0.4, 0.5) is 0 Å². The highest BCUT2D eigenvalue weighted by atomic mass is 16.1. The van der Waals surface area contributed by atoms with Crippen molar-refractivity contribution in [1.29, 1.82) is 0 Å². The minimum Gasteiger partial charge on any atom is -0.299 e. The van der Waals surface area contributed by atoms with Crippen molar-refractivity contribution in [2.75, 3.05) is 13.1 Å². The number of rotatable bonds is 5. The predicted molar refractivity (Wildman–Crippen MR) is 105 cm³/mol. The van der Waals surface area contributed by atoms with Crippen molar-refractivity contribution in [2.24, 2.45) is 5.92 Å². The van der Waals surface area contributed by atoms with Gasteiger partial charge in [0.15, 0.2) is 0 Å². The second kappa shape index (κ2) is 7.83. The molecule has 0 aliphatic carbocycles. The number of aromatic nitrogens is 2. The van der Waals surface area contributed by atoms with Crippen molar-refractivity contribution in [3.05, 3.63) is 76.8 Å². The second-order valence-electron chi connectivity index (χ2n) is 7.25. The second-order valence-corrected chi connectivity index (χ2v) is 7.25. The third-order valence-electron chi connectivity index (χ3n) is 5.47. The van der Waals surface area contributed by atoms with Crippen LogP contribution in [0.2, 0.25) is 0 Å². The summed E-state index contributed by atoms with van der Waals surface area (Å²) in [5.41, 5.74) is 2.25. The number of hydrogen-bond acceptors (Lipinski definition) is 3. The summed E-state index contributed by atoms with van der Waals surface area (Å²) in [6, 6.07) is 18.3. The average Bonchev–Trinajstić information content (AvgIpc) is 2.70. The van der Waals surface area contributed by atoms with Crippen LogP contribution >= 0.6 is 0 Å². The summed E-state index contributed by atoms with van der Waals surface area (Å²) in [5.74, 6) is 0.695. The van der Waals surface area contributed by atoms with Crippen LogP contribution in [0.15, 0.2) is 65.7 Å². The number of nitrogens with zero attached hydrogens (tertiary/aromatic N) is 3. The standard InChI is InChI=1S/C22H25N3O/c26-22-20-8-4-5-9-21(20)23-17-25(22)15-12-18-10-13-24(14-11-18)16-19-6-2-1-3-7-19/h1-9,17-18H,10-16H2. The molecule has 0 spiro atoms. The molecule has 1 aliphatic heterocycles. The minimum atomic E-state index is 0.0807. The molecule has 134 valence electrons. The van der Waals surface area contributed by atoms with E-state index in [1.54, 1.807) is 10.9 Å². The molecular formula is C22H25N3O. The molecular weight excluding hydrogens is 322 g/mol. The molecule has 3 aromatic rings. The van der Waals surface area contributed by atoms with Gasteiger partial charge in [-0.2, -0.15) is 0 Å². The molecule has 0 saturated carbocycles. The number of para-hydroxylation sites is 1. The molecule has 4 heteroatoms. The first-order valence-corrected chi connectivity index (χ1v) is 9.50. The zero-order valence-corrected chi connectivity index (χ0v) is 15.1. The predicted octanol–water partition coefficient (Wildman–Crippen LogP) is 3.70. The highest BCUT2D eigenvalue weighted by Gasteiger charge is 2.19. The Bertz CT molecular complexity index is 911. The maximum absolute atomic E-state index is 12.6. The first-order valence-electron chi connectivity index (χ1n) is 9.50. The van der Waals surface area contributed by atoms with Crippen LogP contribution in [-0.4, -0.2) is 27.5 Å². The number of likely N-dealkylation sites (tertiary alicyclic amines) is 1. The van der Waals surface area contributed by atoms with E-state index in [0.717, 1.165) is 38.1 Å². The molecule has 0 atom stereocenters. The van der Waals surface area contributed by atoms with Crippen LogP contribution in [0.1, 0.15) is 24.8 Å². The summed E-state index contributed by atoms with van der Waals surface area (Å²) >= 11 is 0. The number of hydrogen-bond donors (Lipinski definition) is 0. The highest BCUT2D eigenvalue weighted by Crippen LogP contribution is 2.22. The monoisotopic (exact) mass is 347 g/mol. The molecule has 4 nitrogen and oxygen atoms in total. The minimum absolute atomic E-state index is 0.0807. The summed E-state index contributed by atoms with van der Waals surface area (Å²) in [6.45, 7) is 4.09. The maximum Gasteiger partial charge on any atom is 0.261 e. The van der Waals surface area contributed by atoms with Gasteiger partial charge in [0.05, 0.1) is 17.2 Å². The van der Waals surface area contributed by atoms with Crippen LogP contribution in [0.25, 0.3) is 10.9 Å². The average molecular weight is 347 g/mol. The molecule has 0 unspecified atom stereocenters. The van der Waals surface area contributed by atoms with E-state index >= 15 is 0 Å². The van der Waals surface area contributed by atoms with E-state index in [2.05, 4.69) is 40.2 Å². The van der Waals surface area contributed by atoms with Gasteiger partial charge in [0, 0.05) is 13.1 Å². The Balaban J connectivity index is 1.31. The summed E-state index contributed by atoms with van der Waals surface area (Å²) < 4.78 is 1.78. The largest absolute Gasteiger partial charge is 0.299 e. The summed E-state index contributed by atoms with van der Waals surface area (Å²) in [4.78, 5) is 19.5. The van der Waals surface area contributed by atoms with Gasteiger partial charge in [0.25, 0.3) is 5.56 Å². The number of benzene rings is 2.